The van der Waals surface area contributed by atoms with Crippen LogP contribution >= 0.6 is 0 Å². The van der Waals surface area contributed by atoms with Gasteiger partial charge in [-0.25, -0.2) is 0 Å². The Bertz CT molecular complexity index is 302. The van der Waals surface area contributed by atoms with Crippen molar-refractivity contribution in [3.63, 3.8) is 0 Å². The van der Waals surface area contributed by atoms with Crippen LogP contribution in [0.5, 0.6) is 0 Å². The molecule has 0 N–H and O–H groups in total. The van der Waals surface area contributed by atoms with Gasteiger partial charge < -0.3 is 4.90 Å². The van der Waals surface area contributed by atoms with Crippen molar-refractivity contribution in [2.24, 2.45) is 0 Å². The van der Waals surface area contributed by atoms with Gasteiger partial charge >= 0.3 is 0 Å². The van der Waals surface area contributed by atoms with Crippen LogP contribution in [0.25, 0.3) is 0 Å². The number of Topliss-reactive ketones (excluding diaryl/α,β-unsaturated/α-hetero) is 1. The zero-order chi connectivity index (χ0) is 13.7. The van der Waals surface area contributed by atoms with Crippen molar-refractivity contribution >= 4 is 11.7 Å². The van der Waals surface area contributed by atoms with E-state index in [-0.39, 0.29) is 23.8 Å². The summed E-state index contributed by atoms with van der Waals surface area (Å²) in [7, 11) is 3.58. The summed E-state index contributed by atoms with van der Waals surface area (Å²) in [5.74, 6) is 0.349. The van der Waals surface area contributed by atoms with Crippen molar-refractivity contribution in [2.45, 2.75) is 58.0 Å². The fourth-order valence-electron chi connectivity index (χ4n) is 2.78. The molecule has 1 saturated heterocycles. The van der Waals surface area contributed by atoms with Gasteiger partial charge in [-0.2, -0.15) is 0 Å². The number of nitrogens with zero attached hydrogens (tertiary/aromatic N) is 2. The van der Waals surface area contributed by atoms with Crippen LogP contribution in [0.1, 0.15) is 46.0 Å². The van der Waals surface area contributed by atoms with E-state index in [1.165, 1.54) is 6.42 Å². The number of ketones is 1. The second-order valence-electron chi connectivity index (χ2n) is 5.56. The summed E-state index contributed by atoms with van der Waals surface area (Å²) in [6.07, 6.45) is 5.10. The molecule has 0 bridgehead atoms. The first-order valence-electron chi connectivity index (χ1n) is 6.89. The molecular formula is C14H26N2O2. The van der Waals surface area contributed by atoms with Gasteiger partial charge in [-0.1, -0.05) is 12.8 Å². The van der Waals surface area contributed by atoms with Crippen molar-refractivity contribution in [1.29, 1.82) is 0 Å². The third-order valence-electron chi connectivity index (χ3n) is 3.74. The number of likely N-dealkylation sites (N-methyl/N-ethyl adjacent to an activating group) is 1. The normalized spacial score (nSPS) is 23.2. The largest absolute Gasteiger partial charge is 0.347 e. The van der Waals surface area contributed by atoms with E-state index in [2.05, 4.69) is 4.90 Å². The summed E-state index contributed by atoms with van der Waals surface area (Å²) in [5.41, 5.74) is 0. The first kappa shape index (κ1) is 15.2. The molecule has 0 saturated carbocycles. The van der Waals surface area contributed by atoms with Gasteiger partial charge in [-0.3, -0.25) is 14.5 Å². The van der Waals surface area contributed by atoms with Crippen LogP contribution in [-0.2, 0) is 9.59 Å². The zero-order valence-electron chi connectivity index (χ0n) is 12.1. The second kappa shape index (κ2) is 6.88. The Morgan fingerprint density at radius 3 is 2.50 bits per heavy atom. The Morgan fingerprint density at radius 1 is 1.28 bits per heavy atom. The molecular weight excluding hydrogens is 228 g/mol. The molecule has 1 fully saturated rings. The predicted octanol–water partition coefficient (Wildman–Crippen LogP) is 1.69. The highest BCUT2D eigenvalue weighted by molar-refractivity contribution is 5.81. The quantitative estimate of drug-likeness (QED) is 0.766. The van der Waals surface area contributed by atoms with Gasteiger partial charge in [0.25, 0.3) is 0 Å². The maximum absolute atomic E-state index is 12.1. The van der Waals surface area contributed by atoms with Gasteiger partial charge in [0.15, 0.2) is 0 Å². The number of amides is 1. The lowest BCUT2D eigenvalue weighted by Crippen LogP contribution is -2.49. The molecule has 18 heavy (non-hydrogen) atoms. The minimum atomic E-state index is -0.123. The maximum Gasteiger partial charge on any atom is 0.239 e. The molecule has 0 aromatic heterocycles. The van der Waals surface area contributed by atoms with Crippen molar-refractivity contribution in [1.82, 2.24) is 9.80 Å². The van der Waals surface area contributed by atoms with Gasteiger partial charge in [0.1, 0.15) is 5.78 Å². The van der Waals surface area contributed by atoms with Crippen molar-refractivity contribution in [2.75, 3.05) is 20.6 Å². The fourth-order valence-corrected chi connectivity index (χ4v) is 2.78. The first-order valence-corrected chi connectivity index (χ1v) is 6.89. The Balaban J connectivity index is 2.77. The number of hydrogen-bond donors (Lipinski definition) is 0. The molecule has 1 rings (SSSR count). The van der Waals surface area contributed by atoms with Gasteiger partial charge in [-0.05, 0) is 33.2 Å². The topological polar surface area (TPSA) is 40.6 Å². The van der Waals surface area contributed by atoms with Crippen molar-refractivity contribution in [3.8, 4) is 0 Å². The third kappa shape index (κ3) is 4.09. The summed E-state index contributed by atoms with van der Waals surface area (Å²) in [6, 6.07) is 0.117. The molecule has 4 nitrogen and oxygen atoms in total. The summed E-state index contributed by atoms with van der Waals surface area (Å²) in [4.78, 5) is 27.3. The van der Waals surface area contributed by atoms with E-state index >= 15 is 0 Å². The molecule has 1 amide bonds. The maximum atomic E-state index is 12.1. The van der Waals surface area contributed by atoms with Gasteiger partial charge in [0, 0.05) is 26.6 Å². The van der Waals surface area contributed by atoms with Crippen LogP contribution in [0.2, 0.25) is 0 Å². The monoisotopic (exact) mass is 254 g/mol. The van der Waals surface area contributed by atoms with Crippen LogP contribution in [0, 0.1) is 0 Å². The number of carbonyl (C=O) groups excluding carboxylic acids is 2. The summed E-state index contributed by atoms with van der Waals surface area (Å²) in [5, 5.41) is 0. The number of rotatable bonds is 4. The van der Waals surface area contributed by atoms with Crippen LogP contribution in [0.3, 0.4) is 0 Å². The van der Waals surface area contributed by atoms with Gasteiger partial charge in [-0.15, -0.1) is 0 Å². The Hall–Kier alpha value is -0.900. The lowest BCUT2D eigenvalue weighted by molar-refractivity contribution is -0.135. The average Bonchev–Trinajstić information content (AvgIpc) is 2.51. The lowest BCUT2D eigenvalue weighted by Gasteiger charge is -2.35. The number of hydrogen-bond acceptors (Lipinski definition) is 3. The molecule has 4 heteroatoms. The standard InChI is InChI=1S/C14H26N2O2/c1-11(17)10-13-8-6-5-7-9-16(13)12(2)14(18)15(3)4/h12-13H,5-10H2,1-4H3. The molecule has 1 aliphatic rings. The molecule has 2 unspecified atom stereocenters. The highest BCUT2D eigenvalue weighted by Crippen LogP contribution is 2.22. The van der Waals surface area contributed by atoms with E-state index in [1.54, 1.807) is 25.9 Å². The molecule has 1 aliphatic heterocycles. The molecule has 0 aromatic rings. The molecule has 0 spiro atoms. The smallest absolute Gasteiger partial charge is 0.239 e. The van der Waals surface area contributed by atoms with E-state index < -0.39 is 0 Å². The minimum absolute atomic E-state index is 0.123. The number of likely N-dealkylation sites (tertiary alicyclic amines) is 1. The Kier molecular flexibility index (Phi) is 5.79. The van der Waals surface area contributed by atoms with E-state index in [0.717, 1.165) is 25.8 Å². The van der Waals surface area contributed by atoms with Crippen LogP contribution in [0.15, 0.2) is 0 Å². The van der Waals surface area contributed by atoms with Crippen molar-refractivity contribution in [3.05, 3.63) is 0 Å². The SMILES string of the molecule is CC(=O)CC1CCCCCN1C(C)C(=O)N(C)C. The second-order valence-corrected chi connectivity index (χ2v) is 5.56. The van der Waals surface area contributed by atoms with Crippen LogP contribution in [-0.4, -0.2) is 54.2 Å². The fraction of sp³-hybridized carbons (Fsp3) is 0.857. The Labute approximate surface area is 110 Å². The summed E-state index contributed by atoms with van der Waals surface area (Å²) < 4.78 is 0. The average molecular weight is 254 g/mol. The highest BCUT2D eigenvalue weighted by atomic mass is 16.2. The molecule has 0 aromatic carbocycles. The van der Waals surface area contributed by atoms with E-state index in [9.17, 15) is 9.59 Å². The molecule has 0 radical (unpaired) electrons. The zero-order valence-corrected chi connectivity index (χ0v) is 12.1. The van der Waals surface area contributed by atoms with Crippen molar-refractivity contribution < 1.29 is 9.59 Å². The number of carbonyl (C=O) groups is 2. The third-order valence-corrected chi connectivity index (χ3v) is 3.74. The Morgan fingerprint density at radius 2 is 1.94 bits per heavy atom. The molecule has 2 atom stereocenters. The van der Waals surface area contributed by atoms with Gasteiger partial charge in [0.05, 0.1) is 6.04 Å². The predicted molar refractivity (Wildman–Crippen MR) is 72.4 cm³/mol. The highest BCUT2D eigenvalue weighted by Gasteiger charge is 2.30. The van der Waals surface area contributed by atoms with Crippen LogP contribution in [0.4, 0.5) is 0 Å². The molecule has 0 aliphatic carbocycles. The first-order chi connectivity index (χ1) is 8.43. The summed E-state index contributed by atoms with van der Waals surface area (Å²) >= 11 is 0. The summed E-state index contributed by atoms with van der Waals surface area (Å²) in [6.45, 7) is 4.53. The van der Waals surface area contributed by atoms with Crippen LogP contribution < -0.4 is 0 Å². The minimum Gasteiger partial charge on any atom is -0.347 e. The lowest BCUT2D eigenvalue weighted by atomic mass is 10.0. The molecule has 104 valence electrons. The van der Waals surface area contributed by atoms with E-state index in [1.807, 2.05) is 6.92 Å². The van der Waals surface area contributed by atoms with E-state index in [4.69, 9.17) is 0 Å². The molecule has 1 heterocycles. The van der Waals surface area contributed by atoms with Gasteiger partial charge in [0.2, 0.25) is 5.91 Å². The van der Waals surface area contributed by atoms with E-state index in [0.29, 0.717) is 6.42 Å².